The van der Waals surface area contributed by atoms with Crippen molar-refractivity contribution in [1.82, 2.24) is 4.98 Å². The number of hydrogen-bond acceptors (Lipinski definition) is 3. The molecule has 2 aromatic rings. The number of aromatic nitrogens is 1. The highest BCUT2D eigenvalue weighted by atomic mass is 35.5. The first-order valence-electron chi connectivity index (χ1n) is 5.72. The van der Waals surface area contributed by atoms with Crippen LogP contribution >= 0.6 is 11.6 Å². The van der Waals surface area contributed by atoms with Crippen molar-refractivity contribution in [3.8, 4) is 0 Å². The Labute approximate surface area is 119 Å². The molecule has 0 aliphatic heterocycles. The van der Waals surface area contributed by atoms with E-state index < -0.39 is 11.6 Å². The molecule has 20 heavy (non-hydrogen) atoms. The molecule has 2 rings (SSSR count). The van der Waals surface area contributed by atoms with Gasteiger partial charge in [0.2, 0.25) is 11.7 Å². The van der Waals surface area contributed by atoms with E-state index >= 15 is 0 Å². The summed E-state index contributed by atoms with van der Waals surface area (Å²) >= 11 is 5.99. The number of pyridine rings is 1. The van der Waals surface area contributed by atoms with E-state index in [1.54, 1.807) is 6.07 Å². The highest BCUT2D eigenvalue weighted by Gasteiger charge is 2.21. The number of halogens is 2. The Hall–Kier alpha value is -2.27. The fraction of sp³-hybridized carbons (Fsp3) is 0.0714. The largest absolute Gasteiger partial charge is 0.326 e. The van der Waals surface area contributed by atoms with Gasteiger partial charge < -0.3 is 5.32 Å². The molecule has 0 aliphatic carbocycles. The Kier molecular flexibility index (Phi) is 4.10. The fourth-order valence-corrected chi connectivity index (χ4v) is 1.98. The van der Waals surface area contributed by atoms with Crippen molar-refractivity contribution < 1.29 is 14.0 Å². The van der Waals surface area contributed by atoms with E-state index in [9.17, 15) is 14.0 Å². The zero-order valence-electron chi connectivity index (χ0n) is 10.5. The maximum atomic E-state index is 13.6. The molecule has 0 bridgehead atoms. The van der Waals surface area contributed by atoms with Crippen molar-refractivity contribution in [3.05, 3.63) is 58.6 Å². The molecule has 1 N–H and O–H groups in total. The summed E-state index contributed by atoms with van der Waals surface area (Å²) in [5.74, 6) is -1.79. The topological polar surface area (TPSA) is 59.1 Å². The minimum atomic E-state index is -0.744. The number of nitrogens with one attached hydrogen (secondary N) is 1. The number of anilines is 1. The molecule has 4 nitrogen and oxygen atoms in total. The lowest BCUT2D eigenvalue weighted by Gasteiger charge is -2.10. The van der Waals surface area contributed by atoms with Gasteiger partial charge in [-0.15, -0.1) is 0 Å². The van der Waals surface area contributed by atoms with Crippen molar-refractivity contribution in [2.45, 2.75) is 6.92 Å². The van der Waals surface area contributed by atoms with Crippen LogP contribution in [0.3, 0.4) is 0 Å². The molecule has 0 unspecified atom stereocenters. The van der Waals surface area contributed by atoms with Gasteiger partial charge in [-0.2, -0.15) is 0 Å². The normalized spacial score (nSPS) is 10.2. The van der Waals surface area contributed by atoms with Crippen LogP contribution in [0.25, 0.3) is 0 Å². The number of benzene rings is 1. The molecule has 1 heterocycles. The first-order chi connectivity index (χ1) is 9.50. The lowest BCUT2D eigenvalue weighted by Crippen LogP contribution is -2.14. The van der Waals surface area contributed by atoms with Gasteiger partial charge in [-0.3, -0.25) is 9.59 Å². The predicted molar refractivity (Wildman–Crippen MR) is 73.4 cm³/mol. The Morgan fingerprint density at radius 1 is 1.25 bits per heavy atom. The molecule has 0 radical (unpaired) electrons. The fourth-order valence-electron chi connectivity index (χ4n) is 1.72. The van der Waals surface area contributed by atoms with Crippen LogP contribution in [0.1, 0.15) is 23.0 Å². The minimum Gasteiger partial charge on any atom is -0.326 e. The molecular weight excluding hydrogens is 283 g/mol. The van der Waals surface area contributed by atoms with Crippen molar-refractivity contribution in [1.29, 1.82) is 0 Å². The van der Waals surface area contributed by atoms with Crippen LogP contribution in [-0.4, -0.2) is 16.7 Å². The van der Waals surface area contributed by atoms with Crippen molar-refractivity contribution in [2.24, 2.45) is 0 Å². The first kappa shape index (κ1) is 14.1. The van der Waals surface area contributed by atoms with Gasteiger partial charge in [0.15, 0.2) is 5.82 Å². The minimum absolute atomic E-state index is 0.0157. The lowest BCUT2D eigenvalue weighted by molar-refractivity contribution is -0.114. The predicted octanol–water partition coefficient (Wildman–Crippen LogP) is 3.06. The number of amides is 1. The smallest absolute Gasteiger partial charge is 0.221 e. The molecule has 6 heteroatoms. The molecule has 0 saturated heterocycles. The van der Waals surface area contributed by atoms with Crippen molar-refractivity contribution in [3.63, 3.8) is 0 Å². The number of hydrogen-bond donors (Lipinski definition) is 1. The molecule has 1 amide bonds. The highest BCUT2D eigenvalue weighted by Crippen LogP contribution is 2.27. The molecule has 0 aliphatic rings. The van der Waals surface area contributed by atoms with Crippen LogP contribution in [0.15, 0.2) is 36.5 Å². The number of nitrogens with zero attached hydrogens (tertiary/aromatic N) is 1. The molecule has 102 valence electrons. The average molecular weight is 293 g/mol. The summed E-state index contributed by atoms with van der Waals surface area (Å²) < 4.78 is 13.6. The van der Waals surface area contributed by atoms with Crippen LogP contribution < -0.4 is 5.32 Å². The first-order valence-corrected chi connectivity index (χ1v) is 6.10. The number of carbonyl (C=O) groups excluding carboxylic acids is 2. The van der Waals surface area contributed by atoms with E-state index in [0.29, 0.717) is 0 Å². The van der Waals surface area contributed by atoms with E-state index in [1.807, 2.05) is 0 Å². The van der Waals surface area contributed by atoms with Crippen molar-refractivity contribution >= 4 is 29.0 Å². The molecule has 1 aromatic heterocycles. The van der Waals surface area contributed by atoms with Crippen LogP contribution in [-0.2, 0) is 4.79 Å². The lowest BCUT2D eigenvalue weighted by atomic mass is 10.0. The Balaban J connectivity index is 2.54. The Morgan fingerprint density at radius 2 is 2.00 bits per heavy atom. The summed E-state index contributed by atoms with van der Waals surface area (Å²) in [7, 11) is 0. The standard InChI is InChI=1S/C14H10ClFN2O2/c1-8(19)18-11-6-2-4-9(15)12(11)14(20)13-10(16)5-3-7-17-13/h2-7H,1H3,(H,18,19). The summed E-state index contributed by atoms with van der Waals surface area (Å²) in [6.07, 6.45) is 1.31. The van der Waals surface area contributed by atoms with Gasteiger partial charge in [-0.25, -0.2) is 9.37 Å². The van der Waals surface area contributed by atoms with Gasteiger partial charge in [0.25, 0.3) is 0 Å². The Morgan fingerprint density at radius 3 is 2.65 bits per heavy atom. The van der Waals surface area contributed by atoms with Crippen LogP contribution in [0, 0.1) is 5.82 Å². The van der Waals surface area contributed by atoms with E-state index in [2.05, 4.69) is 10.3 Å². The van der Waals surface area contributed by atoms with Gasteiger partial charge in [0, 0.05) is 13.1 Å². The van der Waals surface area contributed by atoms with Gasteiger partial charge in [0.05, 0.1) is 16.3 Å². The summed E-state index contributed by atoms with van der Waals surface area (Å²) in [6, 6.07) is 7.10. The highest BCUT2D eigenvalue weighted by molar-refractivity contribution is 6.36. The van der Waals surface area contributed by atoms with Gasteiger partial charge in [-0.1, -0.05) is 17.7 Å². The molecule has 0 atom stereocenters. The number of ketones is 1. The van der Waals surface area contributed by atoms with Crippen molar-refractivity contribution in [2.75, 3.05) is 5.32 Å². The molecule has 0 fully saturated rings. The monoisotopic (exact) mass is 292 g/mol. The van der Waals surface area contributed by atoms with E-state index in [0.717, 1.165) is 6.07 Å². The van der Waals surface area contributed by atoms with Crippen LogP contribution in [0.5, 0.6) is 0 Å². The molecular formula is C14H10ClFN2O2. The summed E-state index contributed by atoms with van der Waals surface area (Å²) in [5.41, 5.74) is -0.103. The third kappa shape index (κ3) is 2.83. The molecule has 0 saturated carbocycles. The second-order valence-electron chi connectivity index (χ2n) is 4.01. The average Bonchev–Trinajstić information content (AvgIpc) is 2.38. The SMILES string of the molecule is CC(=O)Nc1cccc(Cl)c1C(=O)c1ncccc1F. The van der Waals surface area contributed by atoms with E-state index in [-0.39, 0.29) is 27.9 Å². The third-order valence-corrected chi connectivity index (χ3v) is 2.84. The zero-order valence-corrected chi connectivity index (χ0v) is 11.2. The summed E-state index contributed by atoms with van der Waals surface area (Å²) in [4.78, 5) is 27.2. The van der Waals surface area contributed by atoms with E-state index in [1.165, 1.54) is 31.3 Å². The number of carbonyl (C=O) groups is 2. The zero-order chi connectivity index (χ0) is 14.7. The van der Waals surface area contributed by atoms with Gasteiger partial charge in [-0.05, 0) is 24.3 Å². The van der Waals surface area contributed by atoms with Gasteiger partial charge in [0.1, 0.15) is 5.69 Å². The molecule has 0 spiro atoms. The second-order valence-corrected chi connectivity index (χ2v) is 4.41. The Bertz CT molecular complexity index is 689. The molecule has 1 aromatic carbocycles. The maximum absolute atomic E-state index is 13.6. The van der Waals surface area contributed by atoms with E-state index in [4.69, 9.17) is 11.6 Å². The number of rotatable bonds is 3. The third-order valence-electron chi connectivity index (χ3n) is 2.52. The van der Waals surface area contributed by atoms with Crippen LogP contribution in [0.4, 0.5) is 10.1 Å². The maximum Gasteiger partial charge on any atom is 0.221 e. The van der Waals surface area contributed by atoms with Gasteiger partial charge >= 0.3 is 0 Å². The summed E-state index contributed by atoms with van der Waals surface area (Å²) in [5, 5.41) is 2.61. The second kappa shape index (κ2) is 5.79. The quantitative estimate of drug-likeness (QED) is 0.885. The summed E-state index contributed by atoms with van der Waals surface area (Å²) in [6.45, 7) is 1.30. The van der Waals surface area contributed by atoms with Crippen LogP contribution in [0.2, 0.25) is 5.02 Å².